The highest BCUT2D eigenvalue weighted by Crippen LogP contribution is 2.32. The Balaban J connectivity index is 2.22. The number of aromatic nitrogens is 1. The molecular formula is C13H17NO. The Morgan fingerprint density at radius 1 is 1.47 bits per heavy atom. The molecule has 1 aliphatic rings. The molecule has 1 aromatic heterocycles. The van der Waals surface area contributed by atoms with E-state index in [9.17, 15) is 0 Å². The molecule has 0 aromatic carbocycles. The van der Waals surface area contributed by atoms with E-state index >= 15 is 0 Å². The predicted octanol–water partition coefficient (Wildman–Crippen LogP) is 2.78. The molecular weight excluding hydrogens is 186 g/mol. The van der Waals surface area contributed by atoms with Crippen molar-refractivity contribution in [1.82, 2.24) is 4.98 Å². The maximum absolute atomic E-state index is 9.02. The molecule has 1 aromatic rings. The van der Waals surface area contributed by atoms with Gasteiger partial charge in [0.1, 0.15) is 0 Å². The smallest absolute Gasteiger partial charge is 0.0853 e. The number of hydrogen-bond donors (Lipinski definition) is 1. The van der Waals surface area contributed by atoms with Gasteiger partial charge in [-0.15, -0.1) is 0 Å². The van der Waals surface area contributed by atoms with Crippen molar-refractivity contribution in [2.45, 2.75) is 32.8 Å². The molecule has 0 spiro atoms. The van der Waals surface area contributed by atoms with Crippen LogP contribution in [0.15, 0.2) is 24.3 Å². The Labute approximate surface area is 90.7 Å². The van der Waals surface area contributed by atoms with E-state index in [4.69, 9.17) is 5.11 Å². The molecule has 0 amide bonds. The molecule has 1 heterocycles. The van der Waals surface area contributed by atoms with Crippen LogP contribution in [0, 0.1) is 5.92 Å². The first-order valence-electron chi connectivity index (χ1n) is 5.61. The van der Waals surface area contributed by atoms with Gasteiger partial charge < -0.3 is 5.11 Å². The number of aliphatic hydroxyl groups is 1. The van der Waals surface area contributed by atoms with Gasteiger partial charge in [-0.2, -0.15) is 0 Å². The molecule has 1 atom stereocenters. The normalized spacial score (nSPS) is 20.4. The van der Waals surface area contributed by atoms with E-state index in [1.165, 1.54) is 18.4 Å². The van der Waals surface area contributed by atoms with Gasteiger partial charge >= 0.3 is 0 Å². The van der Waals surface area contributed by atoms with E-state index < -0.39 is 0 Å². The number of hydrogen-bond acceptors (Lipinski definition) is 2. The third-order valence-corrected chi connectivity index (χ3v) is 3.04. The summed E-state index contributed by atoms with van der Waals surface area (Å²) < 4.78 is 0. The van der Waals surface area contributed by atoms with Crippen molar-refractivity contribution in [3.8, 4) is 0 Å². The molecule has 1 aliphatic carbocycles. The molecule has 15 heavy (non-hydrogen) atoms. The molecule has 2 nitrogen and oxygen atoms in total. The lowest BCUT2D eigenvalue weighted by Crippen LogP contribution is -1.93. The molecule has 0 bridgehead atoms. The van der Waals surface area contributed by atoms with Gasteiger partial charge in [-0.3, -0.25) is 4.98 Å². The molecule has 0 saturated heterocycles. The fraction of sp³-hybridized carbons (Fsp3) is 0.462. The van der Waals surface area contributed by atoms with Crippen LogP contribution < -0.4 is 0 Å². The van der Waals surface area contributed by atoms with E-state index in [1.807, 2.05) is 18.2 Å². The third-order valence-electron chi connectivity index (χ3n) is 3.04. The number of allylic oxidation sites excluding steroid dienone is 2. The summed E-state index contributed by atoms with van der Waals surface area (Å²) in [4.78, 5) is 4.42. The summed E-state index contributed by atoms with van der Waals surface area (Å²) in [5, 5.41) is 9.02. The Hall–Kier alpha value is -1.15. The minimum Gasteiger partial charge on any atom is -0.390 e. The van der Waals surface area contributed by atoms with Crippen LogP contribution in [0.25, 0.3) is 5.57 Å². The SMILES string of the molecule is CCC1C=C(c2cccc(CO)n2)CC1. The topological polar surface area (TPSA) is 33.1 Å². The maximum Gasteiger partial charge on any atom is 0.0853 e. The van der Waals surface area contributed by atoms with Gasteiger partial charge in [0.25, 0.3) is 0 Å². The first-order valence-corrected chi connectivity index (χ1v) is 5.61. The highest BCUT2D eigenvalue weighted by atomic mass is 16.3. The summed E-state index contributed by atoms with van der Waals surface area (Å²) >= 11 is 0. The standard InChI is InChI=1S/C13H17NO/c1-2-10-6-7-11(8-10)13-5-3-4-12(9-15)14-13/h3-5,8,10,15H,2,6-7,9H2,1H3. The highest BCUT2D eigenvalue weighted by Gasteiger charge is 2.16. The number of pyridine rings is 1. The predicted molar refractivity (Wildman–Crippen MR) is 61.2 cm³/mol. The van der Waals surface area contributed by atoms with Gasteiger partial charge in [0.15, 0.2) is 0 Å². The lowest BCUT2D eigenvalue weighted by Gasteiger charge is -2.02. The summed E-state index contributed by atoms with van der Waals surface area (Å²) in [7, 11) is 0. The molecule has 80 valence electrons. The van der Waals surface area contributed by atoms with E-state index in [1.54, 1.807) is 0 Å². The van der Waals surface area contributed by atoms with Crippen molar-refractivity contribution in [3.05, 3.63) is 35.7 Å². The summed E-state index contributed by atoms with van der Waals surface area (Å²) in [5.41, 5.74) is 3.14. The second-order valence-corrected chi connectivity index (χ2v) is 4.07. The Kier molecular flexibility index (Phi) is 3.17. The monoisotopic (exact) mass is 203 g/mol. The van der Waals surface area contributed by atoms with Gasteiger partial charge in [-0.05, 0) is 42.9 Å². The number of rotatable bonds is 3. The Morgan fingerprint density at radius 2 is 2.33 bits per heavy atom. The first kappa shape index (κ1) is 10.4. The molecule has 1 unspecified atom stereocenters. The van der Waals surface area contributed by atoms with Crippen molar-refractivity contribution in [2.75, 3.05) is 0 Å². The van der Waals surface area contributed by atoms with E-state index in [2.05, 4.69) is 18.0 Å². The van der Waals surface area contributed by atoms with E-state index in [-0.39, 0.29) is 6.61 Å². The fourth-order valence-electron chi connectivity index (χ4n) is 2.07. The molecule has 0 radical (unpaired) electrons. The van der Waals surface area contributed by atoms with Crippen molar-refractivity contribution < 1.29 is 5.11 Å². The molecule has 0 saturated carbocycles. The summed E-state index contributed by atoms with van der Waals surface area (Å²) in [6.07, 6.45) is 5.92. The van der Waals surface area contributed by atoms with Gasteiger partial charge in [-0.1, -0.05) is 19.1 Å². The second-order valence-electron chi connectivity index (χ2n) is 4.07. The molecule has 1 N–H and O–H groups in total. The van der Waals surface area contributed by atoms with Gasteiger partial charge in [0, 0.05) is 0 Å². The Bertz CT molecular complexity index is 371. The highest BCUT2D eigenvalue weighted by molar-refractivity contribution is 5.64. The van der Waals surface area contributed by atoms with Crippen LogP contribution in [0.4, 0.5) is 0 Å². The zero-order valence-corrected chi connectivity index (χ0v) is 9.11. The van der Waals surface area contributed by atoms with E-state index in [0.29, 0.717) is 0 Å². The van der Waals surface area contributed by atoms with Gasteiger partial charge in [0.05, 0.1) is 18.0 Å². The summed E-state index contributed by atoms with van der Waals surface area (Å²) in [6.45, 7) is 2.25. The Morgan fingerprint density at radius 3 is 3.00 bits per heavy atom. The lowest BCUT2D eigenvalue weighted by molar-refractivity contribution is 0.277. The van der Waals surface area contributed by atoms with Crippen LogP contribution in [0.5, 0.6) is 0 Å². The van der Waals surface area contributed by atoms with Crippen molar-refractivity contribution >= 4 is 5.57 Å². The van der Waals surface area contributed by atoms with Gasteiger partial charge in [0.2, 0.25) is 0 Å². The average molecular weight is 203 g/mol. The zero-order valence-electron chi connectivity index (χ0n) is 9.11. The van der Waals surface area contributed by atoms with Crippen LogP contribution in [-0.2, 0) is 6.61 Å². The van der Waals surface area contributed by atoms with E-state index in [0.717, 1.165) is 23.7 Å². The minimum atomic E-state index is 0.0261. The maximum atomic E-state index is 9.02. The van der Waals surface area contributed by atoms with Crippen LogP contribution in [0.3, 0.4) is 0 Å². The average Bonchev–Trinajstić information content (AvgIpc) is 2.78. The van der Waals surface area contributed by atoms with Crippen LogP contribution >= 0.6 is 0 Å². The van der Waals surface area contributed by atoms with Crippen molar-refractivity contribution in [1.29, 1.82) is 0 Å². The molecule has 2 heteroatoms. The molecule has 0 aliphatic heterocycles. The zero-order chi connectivity index (χ0) is 10.7. The van der Waals surface area contributed by atoms with Crippen molar-refractivity contribution in [2.24, 2.45) is 5.92 Å². The van der Waals surface area contributed by atoms with Crippen molar-refractivity contribution in [3.63, 3.8) is 0 Å². The van der Waals surface area contributed by atoms with Crippen LogP contribution in [-0.4, -0.2) is 10.1 Å². The van der Waals surface area contributed by atoms with Crippen LogP contribution in [0.2, 0.25) is 0 Å². The second kappa shape index (κ2) is 4.58. The number of nitrogens with zero attached hydrogens (tertiary/aromatic N) is 1. The largest absolute Gasteiger partial charge is 0.390 e. The first-order chi connectivity index (χ1) is 7.33. The number of aliphatic hydroxyl groups excluding tert-OH is 1. The molecule has 2 rings (SSSR count). The fourth-order valence-corrected chi connectivity index (χ4v) is 2.07. The lowest BCUT2D eigenvalue weighted by atomic mass is 10.1. The summed E-state index contributed by atoms with van der Waals surface area (Å²) in [6, 6.07) is 5.85. The molecule has 0 fully saturated rings. The minimum absolute atomic E-state index is 0.0261. The quantitative estimate of drug-likeness (QED) is 0.819. The third kappa shape index (κ3) is 2.26. The van der Waals surface area contributed by atoms with Crippen LogP contribution in [0.1, 0.15) is 37.6 Å². The van der Waals surface area contributed by atoms with Gasteiger partial charge in [-0.25, -0.2) is 0 Å². The summed E-state index contributed by atoms with van der Waals surface area (Å²) in [5.74, 6) is 0.722.